The molecule has 1 aliphatic heterocycles. The second kappa shape index (κ2) is 8.51. The number of H-pyrrole nitrogens is 1. The van der Waals surface area contributed by atoms with Gasteiger partial charge in [0, 0.05) is 29.8 Å². The van der Waals surface area contributed by atoms with Gasteiger partial charge < -0.3 is 4.90 Å². The standard InChI is InChI=1S/C22H22F2N4O/c23-19-4-1-5-20(24)18(19)11-6-15-3-2-12-28(13-15)22(29)17-9-7-16(8-10-17)21-25-14-26-27-21/h1,4-5,7-10,14-15H,2-3,6,11-13H2,(H,25,26,27)/t15-/m1/s1. The molecule has 1 N–H and O–H groups in total. The molecule has 5 nitrogen and oxygen atoms in total. The average molecular weight is 396 g/mol. The first kappa shape index (κ1) is 19.2. The third-order valence-corrected chi connectivity index (χ3v) is 5.49. The molecule has 2 aromatic carbocycles. The molecule has 150 valence electrons. The molecular weight excluding hydrogens is 374 g/mol. The first-order valence-corrected chi connectivity index (χ1v) is 9.80. The van der Waals surface area contributed by atoms with Gasteiger partial charge >= 0.3 is 0 Å². The van der Waals surface area contributed by atoms with Gasteiger partial charge in [-0.1, -0.05) is 18.2 Å². The summed E-state index contributed by atoms with van der Waals surface area (Å²) in [7, 11) is 0. The summed E-state index contributed by atoms with van der Waals surface area (Å²) in [6.45, 7) is 1.31. The number of hydrogen-bond donors (Lipinski definition) is 1. The molecule has 1 aliphatic rings. The third-order valence-electron chi connectivity index (χ3n) is 5.49. The molecule has 3 aromatic rings. The van der Waals surface area contributed by atoms with Gasteiger partial charge in [0.15, 0.2) is 5.82 Å². The van der Waals surface area contributed by atoms with Gasteiger partial charge in [-0.2, -0.15) is 5.10 Å². The highest BCUT2D eigenvalue weighted by Gasteiger charge is 2.25. The van der Waals surface area contributed by atoms with Gasteiger partial charge in [0.25, 0.3) is 5.91 Å². The SMILES string of the molecule is O=C(c1ccc(-c2ncn[nH]2)cc1)N1CCC[C@H](CCc2c(F)cccc2F)C1. The molecule has 0 unspecified atom stereocenters. The number of carbonyl (C=O) groups excluding carboxylic acids is 1. The Balaban J connectivity index is 1.38. The minimum Gasteiger partial charge on any atom is -0.338 e. The summed E-state index contributed by atoms with van der Waals surface area (Å²) >= 11 is 0. The Morgan fingerprint density at radius 1 is 1.14 bits per heavy atom. The average Bonchev–Trinajstić information content (AvgIpc) is 3.28. The largest absolute Gasteiger partial charge is 0.338 e. The van der Waals surface area contributed by atoms with Gasteiger partial charge in [0.05, 0.1) is 0 Å². The van der Waals surface area contributed by atoms with E-state index in [4.69, 9.17) is 0 Å². The molecule has 29 heavy (non-hydrogen) atoms. The van der Waals surface area contributed by atoms with E-state index in [2.05, 4.69) is 15.2 Å². The number of halogens is 2. The fourth-order valence-electron chi connectivity index (χ4n) is 3.90. The monoisotopic (exact) mass is 396 g/mol. The number of piperidine rings is 1. The van der Waals surface area contributed by atoms with Crippen LogP contribution in [0.15, 0.2) is 48.8 Å². The Bertz CT molecular complexity index is 953. The van der Waals surface area contributed by atoms with Crippen LogP contribution in [0, 0.1) is 17.6 Å². The lowest BCUT2D eigenvalue weighted by molar-refractivity contribution is 0.0668. The number of amides is 1. The van der Waals surface area contributed by atoms with Crippen molar-refractivity contribution >= 4 is 5.91 Å². The molecular formula is C22H22F2N4O. The number of aromatic amines is 1. The van der Waals surface area contributed by atoms with Crippen LogP contribution in [-0.4, -0.2) is 39.1 Å². The van der Waals surface area contributed by atoms with E-state index in [9.17, 15) is 13.6 Å². The van der Waals surface area contributed by atoms with Crippen molar-refractivity contribution in [1.29, 1.82) is 0 Å². The lowest BCUT2D eigenvalue weighted by Gasteiger charge is -2.33. The highest BCUT2D eigenvalue weighted by atomic mass is 19.1. The third kappa shape index (κ3) is 4.34. The zero-order valence-electron chi connectivity index (χ0n) is 15.9. The van der Waals surface area contributed by atoms with E-state index in [1.165, 1.54) is 24.5 Å². The first-order chi connectivity index (χ1) is 14.1. The second-order valence-electron chi connectivity index (χ2n) is 7.41. The van der Waals surface area contributed by atoms with E-state index in [0.717, 1.165) is 18.4 Å². The summed E-state index contributed by atoms with van der Waals surface area (Å²) in [6, 6.07) is 11.2. The summed E-state index contributed by atoms with van der Waals surface area (Å²) in [5, 5.41) is 6.63. The number of rotatable bonds is 5. The molecule has 0 saturated carbocycles. The highest BCUT2D eigenvalue weighted by Crippen LogP contribution is 2.25. The van der Waals surface area contributed by atoms with E-state index < -0.39 is 11.6 Å². The zero-order valence-corrected chi connectivity index (χ0v) is 15.9. The van der Waals surface area contributed by atoms with Crippen LogP contribution < -0.4 is 0 Å². The molecule has 1 aromatic heterocycles. The number of carbonyl (C=O) groups is 1. The highest BCUT2D eigenvalue weighted by molar-refractivity contribution is 5.94. The fourth-order valence-corrected chi connectivity index (χ4v) is 3.90. The van der Waals surface area contributed by atoms with Crippen LogP contribution in [0.3, 0.4) is 0 Å². The van der Waals surface area contributed by atoms with Crippen LogP contribution in [0.25, 0.3) is 11.4 Å². The van der Waals surface area contributed by atoms with Crippen molar-refractivity contribution in [3.63, 3.8) is 0 Å². The number of hydrogen-bond acceptors (Lipinski definition) is 3. The van der Waals surface area contributed by atoms with Crippen molar-refractivity contribution in [3.8, 4) is 11.4 Å². The minimum absolute atomic E-state index is 0.0177. The zero-order chi connectivity index (χ0) is 20.2. The number of nitrogens with zero attached hydrogens (tertiary/aromatic N) is 3. The van der Waals surface area contributed by atoms with Crippen molar-refractivity contribution in [2.24, 2.45) is 5.92 Å². The van der Waals surface area contributed by atoms with Gasteiger partial charge in [-0.05, 0) is 55.9 Å². The smallest absolute Gasteiger partial charge is 0.253 e. The topological polar surface area (TPSA) is 61.9 Å². The van der Waals surface area contributed by atoms with Crippen LogP contribution in [-0.2, 0) is 6.42 Å². The van der Waals surface area contributed by atoms with Crippen molar-refractivity contribution in [2.45, 2.75) is 25.7 Å². The molecule has 0 bridgehead atoms. The summed E-state index contributed by atoms with van der Waals surface area (Å²) in [4.78, 5) is 18.8. The van der Waals surface area contributed by atoms with Crippen molar-refractivity contribution < 1.29 is 13.6 Å². The number of aromatic nitrogens is 3. The van der Waals surface area contributed by atoms with Crippen molar-refractivity contribution in [3.05, 3.63) is 71.6 Å². The summed E-state index contributed by atoms with van der Waals surface area (Å²) in [5.41, 5.74) is 1.62. The molecule has 1 saturated heterocycles. The maximum absolute atomic E-state index is 13.9. The molecule has 1 fully saturated rings. The number of benzene rings is 2. The maximum Gasteiger partial charge on any atom is 0.253 e. The summed E-state index contributed by atoms with van der Waals surface area (Å²) in [5.74, 6) is -0.125. The van der Waals surface area contributed by atoms with Crippen LogP contribution in [0.2, 0.25) is 0 Å². The van der Waals surface area contributed by atoms with Gasteiger partial charge in [-0.25, -0.2) is 13.8 Å². The predicted octanol–water partition coefficient (Wildman–Crippen LogP) is 4.23. The van der Waals surface area contributed by atoms with Crippen LogP contribution in [0.1, 0.15) is 35.2 Å². The van der Waals surface area contributed by atoms with Crippen molar-refractivity contribution in [1.82, 2.24) is 20.1 Å². The Morgan fingerprint density at radius 3 is 2.59 bits per heavy atom. The van der Waals surface area contributed by atoms with Crippen LogP contribution in [0.4, 0.5) is 8.78 Å². The van der Waals surface area contributed by atoms with Crippen LogP contribution in [0.5, 0.6) is 0 Å². The number of nitrogens with one attached hydrogen (secondary N) is 1. The molecule has 2 heterocycles. The maximum atomic E-state index is 13.9. The molecule has 1 amide bonds. The van der Waals surface area contributed by atoms with E-state index in [1.807, 2.05) is 17.0 Å². The molecule has 4 rings (SSSR count). The molecule has 0 aliphatic carbocycles. The Morgan fingerprint density at radius 2 is 1.90 bits per heavy atom. The van der Waals surface area contributed by atoms with E-state index in [-0.39, 0.29) is 17.4 Å². The second-order valence-corrected chi connectivity index (χ2v) is 7.41. The van der Waals surface area contributed by atoms with E-state index in [1.54, 1.807) is 12.1 Å². The van der Waals surface area contributed by atoms with E-state index >= 15 is 0 Å². The Labute approximate surface area is 167 Å². The quantitative estimate of drug-likeness (QED) is 0.702. The van der Waals surface area contributed by atoms with Gasteiger partial charge in [0.1, 0.15) is 18.0 Å². The predicted molar refractivity (Wildman–Crippen MR) is 105 cm³/mol. The van der Waals surface area contributed by atoms with Crippen LogP contribution >= 0.6 is 0 Å². The van der Waals surface area contributed by atoms with E-state index in [0.29, 0.717) is 37.3 Å². The first-order valence-electron chi connectivity index (χ1n) is 9.80. The molecule has 0 spiro atoms. The lowest BCUT2D eigenvalue weighted by Crippen LogP contribution is -2.40. The summed E-state index contributed by atoms with van der Waals surface area (Å²) in [6.07, 6.45) is 4.30. The minimum atomic E-state index is -0.499. The van der Waals surface area contributed by atoms with Gasteiger partial charge in [-0.3, -0.25) is 9.89 Å². The van der Waals surface area contributed by atoms with Crippen molar-refractivity contribution in [2.75, 3.05) is 13.1 Å². The Hall–Kier alpha value is -3.09. The van der Waals surface area contributed by atoms with Gasteiger partial charge in [0.2, 0.25) is 0 Å². The fraction of sp³-hybridized carbons (Fsp3) is 0.318. The Kier molecular flexibility index (Phi) is 5.64. The molecule has 0 radical (unpaired) electrons. The number of likely N-dealkylation sites (tertiary alicyclic amines) is 1. The lowest BCUT2D eigenvalue weighted by atomic mass is 9.91. The summed E-state index contributed by atoms with van der Waals surface area (Å²) < 4.78 is 27.7. The molecule has 1 atom stereocenters. The molecule has 7 heteroatoms. The normalized spacial score (nSPS) is 16.8. The van der Waals surface area contributed by atoms with Gasteiger partial charge in [-0.15, -0.1) is 0 Å².